The molecule has 3 nitrogen and oxygen atoms in total. The molecule has 0 saturated carbocycles. The Labute approximate surface area is 169 Å². The molecule has 3 heteroatoms. The minimum absolute atomic E-state index is 0.832. The molecule has 0 fully saturated rings. The SMILES string of the molecule is COc1ccc(-n2cc(-c3ccccc3)c(-c3ccc4ccccc4c3)n2)cc1. The van der Waals surface area contributed by atoms with Crippen LogP contribution in [-0.2, 0) is 0 Å². The van der Waals surface area contributed by atoms with E-state index in [1.807, 2.05) is 35.0 Å². The highest BCUT2D eigenvalue weighted by Crippen LogP contribution is 2.33. The molecular formula is C26H20N2O. The molecule has 0 aliphatic carbocycles. The molecule has 0 atom stereocenters. The van der Waals surface area contributed by atoms with Gasteiger partial charge in [-0.1, -0.05) is 66.7 Å². The van der Waals surface area contributed by atoms with Crippen LogP contribution in [0.5, 0.6) is 5.75 Å². The number of hydrogen-bond donors (Lipinski definition) is 0. The third-order valence-electron chi connectivity index (χ3n) is 5.16. The number of ether oxygens (including phenoxy) is 1. The van der Waals surface area contributed by atoms with E-state index in [0.29, 0.717) is 0 Å². The Morgan fingerprint density at radius 2 is 1.41 bits per heavy atom. The molecular weight excluding hydrogens is 356 g/mol. The number of methoxy groups -OCH3 is 1. The zero-order chi connectivity index (χ0) is 19.6. The Morgan fingerprint density at radius 3 is 2.17 bits per heavy atom. The minimum atomic E-state index is 0.832. The highest BCUT2D eigenvalue weighted by molar-refractivity contribution is 5.90. The Balaban J connectivity index is 1.68. The molecule has 29 heavy (non-hydrogen) atoms. The van der Waals surface area contributed by atoms with Gasteiger partial charge < -0.3 is 4.74 Å². The van der Waals surface area contributed by atoms with Crippen LogP contribution in [0.15, 0.2) is 103 Å². The van der Waals surface area contributed by atoms with Crippen molar-refractivity contribution in [1.82, 2.24) is 9.78 Å². The molecule has 0 saturated heterocycles. The van der Waals surface area contributed by atoms with Crippen molar-refractivity contribution in [1.29, 1.82) is 0 Å². The fraction of sp³-hybridized carbons (Fsp3) is 0.0385. The van der Waals surface area contributed by atoms with Crippen LogP contribution in [-0.4, -0.2) is 16.9 Å². The van der Waals surface area contributed by atoms with Crippen LogP contribution >= 0.6 is 0 Å². The van der Waals surface area contributed by atoms with E-state index in [9.17, 15) is 0 Å². The van der Waals surface area contributed by atoms with Crippen molar-refractivity contribution >= 4 is 10.8 Å². The van der Waals surface area contributed by atoms with E-state index in [4.69, 9.17) is 9.84 Å². The van der Waals surface area contributed by atoms with Crippen molar-refractivity contribution in [2.75, 3.05) is 7.11 Å². The molecule has 0 radical (unpaired) electrons. The maximum atomic E-state index is 5.28. The summed E-state index contributed by atoms with van der Waals surface area (Å²) in [5, 5.41) is 7.41. The van der Waals surface area contributed by atoms with Crippen LogP contribution in [0.1, 0.15) is 0 Å². The van der Waals surface area contributed by atoms with Crippen molar-refractivity contribution in [3.05, 3.63) is 103 Å². The largest absolute Gasteiger partial charge is 0.497 e. The maximum Gasteiger partial charge on any atom is 0.119 e. The standard InChI is InChI=1S/C26H20N2O/c1-29-24-15-13-23(14-16-24)28-18-25(20-8-3-2-4-9-20)26(27-28)22-12-11-19-7-5-6-10-21(19)17-22/h2-18H,1H3. The first-order valence-corrected chi connectivity index (χ1v) is 9.60. The van der Waals surface area contributed by atoms with Gasteiger partial charge in [-0.15, -0.1) is 0 Å². The fourth-order valence-electron chi connectivity index (χ4n) is 3.62. The highest BCUT2D eigenvalue weighted by Gasteiger charge is 2.14. The lowest BCUT2D eigenvalue weighted by atomic mass is 9.99. The first-order valence-electron chi connectivity index (χ1n) is 9.60. The summed E-state index contributed by atoms with van der Waals surface area (Å²) < 4.78 is 7.22. The van der Waals surface area contributed by atoms with E-state index in [2.05, 4.69) is 72.9 Å². The van der Waals surface area contributed by atoms with Crippen molar-refractivity contribution in [3.8, 4) is 33.8 Å². The maximum absolute atomic E-state index is 5.28. The molecule has 140 valence electrons. The first-order chi connectivity index (χ1) is 14.3. The van der Waals surface area contributed by atoms with Gasteiger partial charge in [0.15, 0.2) is 0 Å². The molecule has 5 rings (SSSR count). The molecule has 0 unspecified atom stereocenters. The van der Waals surface area contributed by atoms with Gasteiger partial charge in [-0.25, -0.2) is 4.68 Å². The van der Waals surface area contributed by atoms with Crippen LogP contribution in [0.25, 0.3) is 38.8 Å². The van der Waals surface area contributed by atoms with Crippen molar-refractivity contribution in [2.24, 2.45) is 0 Å². The quantitative estimate of drug-likeness (QED) is 0.364. The number of aromatic nitrogens is 2. The van der Waals surface area contributed by atoms with E-state index in [1.165, 1.54) is 10.8 Å². The van der Waals surface area contributed by atoms with E-state index in [0.717, 1.165) is 33.8 Å². The zero-order valence-corrected chi connectivity index (χ0v) is 16.1. The smallest absolute Gasteiger partial charge is 0.119 e. The molecule has 0 bridgehead atoms. The summed E-state index contributed by atoms with van der Waals surface area (Å²) >= 11 is 0. The normalized spacial score (nSPS) is 10.9. The summed E-state index contributed by atoms with van der Waals surface area (Å²) in [7, 11) is 1.67. The molecule has 0 spiro atoms. The minimum Gasteiger partial charge on any atom is -0.497 e. The fourth-order valence-corrected chi connectivity index (χ4v) is 3.62. The Hall–Kier alpha value is -3.85. The summed E-state index contributed by atoms with van der Waals surface area (Å²) in [4.78, 5) is 0. The topological polar surface area (TPSA) is 27.1 Å². The van der Waals surface area contributed by atoms with Gasteiger partial charge in [0, 0.05) is 17.3 Å². The van der Waals surface area contributed by atoms with Crippen LogP contribution in [0.4, 0.5) is 0 Å². The molecule has 0 aliphatic heterocycles. The summed E-state index contributed by atoms with van der Waals surface area (Å²) in [6.45, 7) is 0. The van der Waals surface area contributed by atoms with E-state index in [-0.39, 0.29) is 0 Å². The second-order valence-corrected chi connectivity index (χ2v) is 6.96. The van der Waals surface area contributed by atoms with Gasteiger partial charge in [-0.2, -0.15) is 5.10 Å². The summed E-state index contributed by atoms with van der Waals surface area (Å²) in [6.07, 6.45) is 2.10. The molecule has 0 amide bonds. The molecule has 0 N–H and O–H groups in total. The lowest BCUT2D eigenvalue weighted by Crippen LogP contribution is -1.95. The van der Waals surface area contributed by atoms with Crippen LogP contribution in [0.2, 0.25) is 0 Å². The van der Waals surface area contributed by atoms with Crippen molar-refractivity contribution in [2.45, 2.75) is 0 Å². The van der Waals surface area contributed by atoms with Gasteiger partial charge >= 0.3 is 0 Å². The summed E-state index contributed by atoms with van der Waals surface area (Å²) in [5.74, 6) is 0.832. The van der Waals surface area contributed by atoms with E-state index in [1.54, 1.807) is 7.11 Å². The third kappa shape index (κ3) is 3.27. The number of fused-ring (bicyclic) bond motifs is 1. The lowest BCUT2D eigenvalue weighted by Gasteiger charge is -2.05. The monoisotopic (exact) mass is 376 g/mol. The Kier molecular flexibility index (Phi) is 4.34. The molecule has 1 heterocycles. The highest BCUT2D eigenvalue weighted by atomic mass is 16.5. The van der Waals surface area contributed by atoms with E-state index < -0.39 is 0 Å². The molecule has 5 aromatic rings. The van der Waals surface area contributed by atoms with Gasteiger partial charge in [-0.3, -0.25) is 0 Å². The van der Waals surface area contributed by atoms with Gasteiger partial charge in [0.1, 0.15) is 11.4 Å². The van der Waals surface area contributed by atoms with Crippen molar-refractivity contribution < 1.29 is 4.74 Å². The van der Waals surface area contributed by atoms with Gasteiger partial charge in [0.05, 0.1) is 12.8 Å². The van der Waals surface area contributed by atoms with Crippen LogP contribution in [0.3, 0.4) is 0 Å². The molecule has 4 aromatic carbocycles. The molecule has 1 aromatic heterocycles. The summed E-state index contributed by atoms with van der Waals surface area (Å²) in [5.41, 5.74) is 5.33. The number of hydrogen-bond acceptors (Lipinski definition) is 2. The zero-order valence-electron chi connectivity index (χ0n) is 16.1. The van der Waals surface area contributed by atoms with Gasteiger partial charge in [0.2, 0.25) is 0 Å². The van der Waals surface area contributed by atoms with Gasteiger partial charge in [0.25, 0.3) is 0 Å². The molecule has 0 aliphatic rings. The average molecular weight is 376 g/mol. The Bertz CT molecular complexity index is 1270. The van der Waals surface area contributed by atoms with Gasteiger partial charge in [-0.05, 0) is 46.7 Å². The van der Waals surface area contributed by atoms with Crippen LogP contribution < -0.4 is 4.74 Å². The Morgan fingerprint density at radius 1 is 0.690 bits per heavy atom. The number of rotatable bonds is 4. The third-order valence-corrected chi connectivity index (χ3v) is 5.16. The average Bonchev–Trinajstić information content (AvgIpc) is 3.25. The van der Waals surface area contributed by atoms with Crippen molar-refractivity contribution in [3.63, 3.8) is 0 Å². The first kappa shape index (κ1) is 17.3. The summed E-state index contributed by atoms with van der Waals surface area (Å²) in [6, 6.07) is 33.3. The number of nitrogens with zero attached hydrogens (tertiary/aromatic N) is 2. The number of benzene rings is 4. The second kappa shape index (κ2) is 7.28. The predicted molar refractivity (Wildman–Crippen MR) is 118 cm³/mol. The van der Waals surface area contributed by atoms with E-state index >= 15 is 0 Å². The van der Waals surface area contributed by atoms with Crippen LogP contribution in [0, 0.1) is 0 Å². The lowest BCUT2D eigenvalue weighted by molar-refractivity contribution is 0.414. The second-order valence-electron chi connectivity index (χ2n) is 6.96. The predicted octanol–water partition coefficient (Wildman–Crippen LogP) is 6.37.